The van der Waals surface area contributed by atoms with Crippen LogP contribution in [-0.2, 0) is 11.3 Å². The Labute approximate surface area is 169 Å². The second-order valence-electron chi connectivity index (χ2n) is 6.79. The summed E-state index contributed by atoms with van der Waals surface area (Å²) in [5.74, 6) is 2.70. The van der Waals surface area contributed by atoms with Gasteiger partial charge < -0.3 is 9.64 Å². The minimum Gasteiger partial charge on any atom is -0.472 e. The summed E-state index contributed by atoms with van der Waals surface area (Å²) in [6, 6.07) is 11.6. The van der Waals surface area contributed by atoms with Crippen LogP contribution in [-0.4, -0.2) is 42.1 Å². The Morgan fingerprint density at radius 3 is 2.48 bits per heavy atom. The maximum Gasteiger partial charge on any atom is 0.161 e. The molecule has 6 heteroatoms. The molecule has 0 atom stereocenters. The molecule has 0 saturated carbocycles. The topological polar surface area (TPSA) is 32.8 Å². The number of piperazine rings is 1. The van der Waals surface area contributed by atoms with Gasteiger partial charge >= 0.3 is 0 Å². The molecule has 0 aliphatic carbocycles. The molecule has 0 amide bonds. The highest BCUT2D eigenvalue weighted by Gasteiger charge is 2.22. The Morgan fingerprint density at radius 2 is 1.78 bits per heavy atom. The van der Waals surface area contributed by atoms with Gasteiger partial charge in [-0.3, -0.25) is 4.90 Å². The van der Waals surface area contributed by atoms with Gasteiger partial charge in [0.25, 0.3) is 0 Å². The second kappa shape index (κ2) is 8.81. The van der Waals surface area contributed by atoms with E-state index in [0.717, 1.165) is 34.8 Å². The lowest BCUT2D eigenvalue weighted by atomic mass is 10.1. The molecule has 0 radical (unpaired) electrons. The Kier molecular flexibility index (Phi) is 6.46. The fraction of sp³-hybridized carbons (Fsp3) is 0.333. The number of rotatable bonds is 5. The first-order chi connectivity index (χ1) is 13.0. The molecule has 1 aliphatic rings. The number of nitrogens with zero attached hydrogens (tertiary/aromatic N) is 2. The number of carbonyl (C=O) groups excluding carboxylic acids is 1. The van der Waals surface area contributed by atoms with Crippen molar-refractivity contribution in [3.8, 4) is 5.75 Å². The van der Waals surface area contributed by atoms with Crippen molar-refractivity contribution in [2.45, 2.75) is 20.4 Å². The first kappa shape index (κ1) is 19.8. The van der Waals surface area contributed by atoms with Crippen molar-refractivity contribution >= 4 is 29.1 Å². The molecule has 142 valence electrons. The van der Waals surface area contributed by atoms with Crippen LogP contribution in [0.4, 0.5) is 0 Å². The predicted molar refractivity (Wildman–Crippen MR) is 109 cm³/mol. The van der Waals surface area contributed by atoms with E-state index < -0.39 is 0 Å². The average Bonchev–Trinajstić information content (AvgIpc) is 2.66. The Morgan fingerprint density at radius 1 is 1.07 bits per heavy atom. The number of benzene rings is 2. The molecular formula is C21H22Cl2N2O2. The first-order valence-corrected chi connectivity index (χ1v) is 9.57. The van der Waals surface area contributed by atoms with Crippen molar-refractivity contribution in [2.75, 3.05) is 26.4 Å². The zero-order chi connectivity index (χ0) is 19.4. The van der Waals surface area contributed by atoms with Gasteiger partial charge in [0.2, 0.25) is 0 Å². The lowest BCUT2D eigenvalue weighted by Crippen LogP contribution is -2.45. The van der Waals surface area contributed by atoms with Crippen LogP contribution in [0.15, 0.2) is 42.1 Å². The van der Waals surface area contributed by atoms with Crippen molar-refractivity contribution in [1.82, 2.24) is 9.80 Å². The van der Waals surface area contributed by atoms with Gasteiger partial charge in [-0.05, 0) is 54.8 Å². The average molecular weight is 405 g/mol. The summed E-state index contributed by atoms with van der Waals surface area (Å²) in [7, 11) is 0. The Bertz CT molecular complexity index is 861. The van der Waals surface area contributed by atoms with Crippen LogP contribution in [0.2, 0.25) is 10.0 Å². The normalized spacial score (nSPS) is 15.0. The summed E-state index contributed by atoms with van der Waals surface area (Å²) in [6.07, 6.45) is 0. The molecule has 1 fully saturated rings. The SMILES string of the molecule is Cc1cc(Cl)c(OCN2CCN(Cc3ccc(Cl)cc3)CC2=C=O)cc1C. The van der Waals surface area contributed by atoms with Gasteiger partial charge in [-0.1, -0.05) is 35.3 Å². The van der Waals surface area contributed by atoms with Gasteiger partial charge in [-0.2, -0.15) is 0 Å². The molecular weight excluding hydrogens is 383 g/mol. The maximum atomic E-state index is 11.5. The standard InChI is InChI=1S/C21H22Cl2N2O2/c1-15-9-20(23)21(10-16(15)2)27-14-25-8-7-24(12-19(25)13-26)11-17-3-5-18(22)6-4-17/h3-6,9-10H,7-8,11-12,14H2,1-2H3. The largest absolute Gasteiger partial charge is 0.472 e. The highest BCUT2D eigenvalue weighted by atomic mass is 35.5. The molecule has 2 aromatic rings. The van der Waals surface area contributed by atoms with E-state index in [1.54, 1.807) is 0 Å². The molecule has 1 aliphatic heterocycles. The number of halogens is 2. The molecule has 1 saturated heterocycles. The monoisotopic (exact) mass is 404 g/mol. The van der Waals surface area contributed by atoms with E-state index >= 15 is 0 Å². The number of hydrogen-bond donors (Lipinski definition) is 0. The van der Waals surface area contributed by atoms with Crippen molar-refractivity contribution < 1.29 is 9.53 Å². The molecule has 2 aromatic carbocycles. The molecule has 0 bridgehead atoms. The summed E-state index contributed by atoms with van der Waals surface area (Å²) in [5.41, 5.74) is 4.00. The van der Waals surface area contributed by atoms with Gasteiger partial charge in [0, 0.05) is 31.2 Å². The van der Waals surface area contributed by atoms with Crippen molar-refractivity contribution in [3.63, 3.8) is 0 Å². The molecule has 1 heterocycles. The van der Waals surface area contributed by atoms with Crippen LogP contribution in [0, 0.1) is 13.8 Å². The molecule has 4 nitrogen and oxygen atoms in total. The first-order valence-electron chi connectivity index (χ1n) is 8.81. The van der Waals surface area contributed by atoms with Crippen LogP contribution in [0.5, 0.6) is 5.75 Å². The van der Waals surface area contributed by atoms with Gasteiger partial charge in [0.15, 0.2) is 6.73 Å². The number of aryl methyl sites for hydroxylation is 2. The van der Waals surface area contributed by atoms with Gasteiger partial charge in [0.1, 0.15) is 17.4 Å². The predicted octanol–water partition coefficient (Wildman–Crippen LogP) is 4.48. The van der Waals surface area contributed by atoms with E-state index in [1.165, 1.54) is 0 Å². The minimum absolute atomic E-state index is 0.279. The quantitative estimate of drug-likeness (QED) is 0.687. The number of ether oxygens (including phenoxy) is 1. The molecule has 0 unspecified atom stereocenters. The van der Waals surface area contributed by atoms with E-state index in [4.69, 9.17) is 27.9 Å². The van der Waals surface area contributed by atoms with E-state index in [9.17, 15) is 4.79 Å². The van der Waals surface area contributed by atoms with E-state index in [1.807, 2.05) is 55.1 Å². The summed E-state index contributed by atoms with van der Waals surface area (Å²) >= 11 is 12.2. The molecule has 0 N–H and O–H groups in total. The minimum atomic E-state index is 0.279. The smallest absolute Gasteiger partial charge is 0.161 e. The molecule has 0 spiro atoms. The summed E-state index contributed by atoms with van der Waals surface area (Å²) < 4.78 is 5.87. The fourth-order valence-electron chi connectivity index (χ4n) is 3.02. The van der Waals surface area contributed by atoms with Crippen LogP contribution >= 0.6 is 23.2 Å². The zero-order valence-electron chi connectivity index (χ0n) is 15.5. The van der Waals surface area contributed by atoms with E-state index in [2.05, 4.69) is 10.8 Å². The second-order valence-corrected chi connectivity index (χ2v) is 7.63. The molecule has 3 rings (SSSR count). The third-order valence-corrected chi connectivity index (χ3v) is 5.35. The number of hydrogen-bond acceptors (Lipinski definition) is 4. The lowest BCUT2D eigenvalue weighted by molar-refractivity contribution is 0.101. The van der Waals surface area contributed by atoms with E-state index in [-0.39, 0.29) is 6.73 Å². The van der Waals surface area contributed by atoms with Crippen LogP contribution in [0.25, 0.3) is 0 Å². The third kappa shape index (κ3) is 5.06. The van der Waals surface area contributed by atoms with Crippen molar-refractivity contribution in [3.05, 3.63) is 68.8 Å². The zero-order valence-corrected chi connectivity index (χ0v) is 17.0. The highest BCUT2D eigenvalue weighted by molar-refractivity contribution is 6.32. The van der Waals surface area contributed by atoms with Crippen LogP contribution < -0.4 is 4.74 Å². The highest BCUT2D eigenvalue weighted by Crippen LogP contribution is 2.28. The van der Waals surface area contributed by atoms with E-state index in [0.29, 0.717) is 29.6 Å². The molecule has 0 aromatic heterocycles. The van der Waals surface area contributed by atoms with Crippen molar-refractivity contribution in [2.24, 2.45) is 0 Å². The summed E-state index contributed by atoms with van der Waals surface area (Å²) in [6.45, 7) is 7.14. The molecule has 27 heavy (non-hydrogen) atoms. The van der Waals surface area contributed by atoms with Gasteiger partial charge in [-0.25, -0.2) is 4.79 Å². The Hall–Kier alpha value is -1.97. The van der Waals surface area contributed by atoms with Crippen LogP contribution in [0.3, 0.4) is 0 Å². The van der Waals surface area contributed by atoms with Crippen molar-refractivity contribution in [1.29, 1.82) is 0 Å². The fourth-order valence-corrected chi connectivity index (χ4v) is 3.42. The third-order valence-electron chi connectivity index (χ3n) is 4.80. The van der Waals surface area contributed by atoms with Gasteiger partial charge in [-0.15, -0.1) is 0 Å². The summed E-state index contributed by atoms with van der Waals surface area (Å²) in [4.78, 5) is 15.6. The maximum absolute atomic E-state index is 11.5. The van der Waals surface area contributed by atoms with Crippen LogP contribution in [0.1, 0.15) is 16.7 Å². The summed E-state index contributed by atoms with van der Waals surface area (Å²) in [5, 5.41) is 1.30. The lowest BCUT2D eigenvalue weighted by Gasteiger charge is -2.36. The van der Waals surface area contributed by atoms with Gasteiger partial charge in [0.05, 0.1) is 5.02 Å². The Balaban J connectivity index is 1.60.